The number of nitrogens with one attached hydrogen (secondary N) is 1. The van der Waals surface area contributed by atoms with Gasteiger partial charge in [-0.15, -0.1) is 0 Å². The van der Waals surface area contributed by atoms with Crippen LogP contribution in [-0.4, -0.2) is 68.2 Å². The summed E-state index contributed by atoms with van der Waals surface area (Å²) in [6.45, 7) is 3.65. The van der Waals surface area contributed by atoms with E-state index in [-0.39, 0.29) is 41.1 Å². The molecule has 0 saturated carbocycles. The number of nitrogens with zero attached hydrogens (tertiary/aromatic N) is 2. The molecule has 4 rings (SSSR count). The van der Waals surface area contributed by atoms with E-state index in [0.29, 0.717) is 76.9 Å². The van der Waals surface area contributed by atoms with Crippen molar-refractivity contribution in [3.63, 3.8) is 0 Å². The number of likely N-dealkylation sites (tertiary alicyclic amines) is 1. The quantitative estimate of drug-likeness (QED) is 0.632. The molecule has 186 valence electrons. The van der Waals surface area contributed by atoms with Gasteiger partial charge >= 0.3 is 5.97 Å². The fraction of sp³-hybridized carbons (Fsp3) is 0.625. The predicted octanol–water partition coefficient (Wildman–Crippen LogP) is 2.16. The minimum Gasteiger partial charge on any atom is -0.466 e. The van der Waals surface area contributed by atoms with Crippen molar-refractivity contribution in [2.24, 2.45) is 11.8 Å². The van der Waals surface area contributed by atoms with Crippen molar-refractivity contribution < 1.29 is 27.5 Å². The Hall–Kier alpha value is -2.46. The Morgan fingerprint density at radius 2 is 1.82 bits per heavy atom. The Kier molecular flexibility index (Phi) is 7.57. The van der Waals surface area contributed by atoms with Gasteiger partial charge in [0.15, 0.2) is 0 Å². The second kappa shape index (κ2) is 10.4. The number of amides is 2. The van der Waals surface area contributed by atoms with Gasteiger partial charge in [-0.3, -0.25) is 14.4 Å². The number of hydrogen-bond donors (Lipinski definition) is 1. The number of carbonyl (C=O) groups excluding carboxylic acids is 3. The summed E-state index contributed by atoms with van der Waals surface area (Å²) in [5.41, 5.74) is 1.49. The highest BCUT2D eigenvalue weighted by atomic mass is 32.2. The van der Waals surface area contributed by atoms with Crippen LogP contribution in [0.15, 0.2) is 23.1 Å². The van der Waals surface area contributed by atoms with Crippen molar-refractivity contribution >= 4 is 33.5 Å². The topological polar surface area (TPSA) is 113 Å². The van der Waals surface area contributed by atoms with E-state index in [4.69, 9.17) is 4.74 Å². The van der Waals surface area contributed by atoms with E-state index in [0.717, 1.165) is 5.56 Å². The van der Waals surface area contributed by atoms with Crippen LogP contribution in [0, 0.1) is 11.8 Å². The summed E-state index contributed by atoms with van der Waals surface area (Å²) in [6, 6.07) is 4.85. The van der Waals surface area contributed by atoms with Crippen LogP contribution in [0.1, 0.15) is 51.0 Å². The van der Waals surface area contributed by atoms with Gasteiger partial charge in [-0.25, -0.2) is 8.42 Å². The first-order valence-electron chi connectivity index (χ1n) is 12.2. The summed E-state index contributed by atoms with van der Waals surface area (Å²) in [5, 5.41) is 2.83. The molecule has 1 N–H and O–H groups in total. The van der Waals surface area contributed by atoms with E-state index in [1.165, 1.54) is 10.4 Å². The van der Waals surface area contributed by atoms with E-state index < -0.39 is 10.0 Å². The Labute approximate surface area is 200 Å². The molecule has 0 bridgehead atoms. The van der Waals surface area contributed by atoms with Crippen molar-refractivity contribution in [3.05, 3.63) is 23.8 Å². The van der Waals surface area contributed by atoms with E-state index in [1.54, 1.807) is 24.0 Å². The molecule has 1 atom stereocenters. The van der Waals surface area contributed by atoms with Crippen LogP contribution in [-0.2, 0) is 35.6 Å². The largest absolute Gasteiger partial charge is 0.466 e. The standard InChI is InChI=1S/C24H33N3O6S/c1-2-33-24(30)17-10-13-26(14-11-17)23(29)19-6-4-12-27(16-19)34(31,32)20-8-9-21-18(15-20)5-3-7-22(28)25-21/h8-9,15,17,19H,2-7,10-14,16H2,1H3,(H,25,28). The molecule has 1 aromatic rings. The molecule has 3 aliphatic heterocycles. The van der Waals surface area contributed by atoms with Crippen LogP contribution in [0.2, 0.25) is 0 Å². The van der Waals surface area contributed by atoms with Crippen LogP contribution in [0.3, 0.4) is 0 Å². The fourth-order valence-electron chi connectivity index (χ4n) is 5.08. The number of ether oxygens (including phenoxy) is 1. The molecule has 1 aromatic carbocycles. The molecule has 2 amide bonds. The summed E-state index contributed by atoms with van der Waals surface area (Å²) in [6.07, 6.45) is 4.16. The van der Waals surface area contributed by atoms with Gasteiger partial charge in [0.25, 0.3) is 0 Å². The van der Waals surface area contributed by atoms with Gasteiger partial charge in [-0.2, -0.15) is 4.31 Å². The number of fused-ring (bicyclic) bond motifs is 1. The first-order valence-corrected chi connectivity index (χ1v) is 13.6. The van der Waals surface area contributed by atoms with Crippen molar-refractivity contribution in [2.75, 3.05) is 38.1 Å². The summed E-state index contributed by atoms with van der Waals surface area (Å²) in [4.78, 5) is 38.9. The lowest BCUT2D eigenvalue weighted by Gasteiger charge is -2.37. The van der Waals surface area contributed by atoms with Gasteiger partial charge < -0.3 is 15.0 Å². The molecule has 0 aliphatic carbocycles. The number of esters is 1. The van der Waals surface area contributed by atoms with E-state index in [9.17, 15) is 22.8 Å². The number of piperidine rings is 2. The molecule has 2 fully saturated rings. The fourth-order valence-corrected chi connectivity index (χ4v) is 6.65. The van der Waals surface area contributed by atoms with Crippen LogP contribution in [0.5, 0.6) is 0 Å². The predicted molar refractivity (Wildman–Crippen MR) is 125 cm³/mol. The van der Waals surface area contributed by atoms with Crippen molar-refractivity contribution in [1.82, 2.24) is 9.21 Å². The Bertz CT molecular complexity index is 1050. The maximum Gasteiger partial charge on any atom is 0.309 e. The normalized spacial score (nSPS) is 22.4. The zero-order valence-electron chi connectivity index (χ0n) is 19.6. The number of anilines is 1. The maximum atomic E-state index is 13.4. The molecule has 34 heavy (non-hydrogen) atoms. The molecule has 1 unspecified atom stereocenters. The van der Waals surface area contributed by atoms with E-state index in [2.05, 4.69) is 5.32 Å². The third kappa shape index (κ3) is 5.27. The lowest BCUT2D eigenvalue weighted by molar-refractivity contribution is -0.152. The van der Waals surface area contributed by atoms with Crippen LogP contribution >= 0.6 is 0 Å². The third-order valence-electron chi connectivity index (χ3n) is 7.00. The van der Waals surface area contributed by atoms with Gasteiger partial charge in [0, 0.05) is 38.3 Å². The van der Waals surface area contributed by atoms with Crippen molar-refractivity contribution in [2.45, 2.75) is 56.8 Å². The average molecular weight is 492 g/mol. The lowest BCUT2D eigenvalue weighted by Crippen LogP contribution is -2.49. The van der Waals surface area contributed by atoms with Crippen LogP contribution < -0.4 is 5.32 Å². The monoisotopic (exact) mass is 491 g/mol. The van der Waals surface area contributed by atoms with Crippen molar-refractivity contribution in [1.29, 1.82) is 0 Å². The second-order valence-corrected chi connectivity index (χ2v) is 11.2. The van der Waals surface area contributed by atoms with Gasteiger partial charge in [0.05, 0.1) is 23.3 Å². The molecule has 0 radical (unpaired) electrons. The molecule has 2 saturated heterocycles. The number of rotatable bonds is 5. The highest BCUT2D eigenvalue weighted by molar-refractivity contribution is 7.89. The summed E-state index contributed by atoms with van der Waals surface area (Å²) >= 11 is 0. The third-order valence-corrected chi connectivity index (χ3v) is 8.86. The molecule has 3 aliphatic rings. The first kappa shape index (κ1) is 24.7. The summed E-state index contributed by atoms with van der Waals surface area (Å²) < 4.78 is 33.3. The number of sulfonamides is 1. The second-order valence-electron chi connectivity index (χ2n) is 9.27. The molecule has 3 heterocycles. The highest BCUT2D eigenvalue weighted by Gasteiger charge is 2.37. The maximum absolute atomic E-state index is 13.4. The molecule has 10 heteroatoms. The van der Waals surface area contributed by atoms with Crippen LogP contribution in [0.4, 0.5) is 5.69 Å². The van der Waals surface area contributed by atoms with Gasteiger partial charge in [0.1, 0.15) is 0 Å². The smallest absolute Gasteiger partial charge is 0.309 e. The number of benzene rings is 1. The molecule has 0 spiro atoms. The number of carbonyl (C=O) groups is 3. The minimum atomic E-state index is -3.76. The Balaban J connectivity index is 1.41. The minimum absolute atomic E-state index is 0.0353. The molecule has 0 aromatic heterocycles. The number of hydrogen-bond acceptors (Lipinski definition) is 6. The average Bonchev–Trinajstić information content (AvgIpc) is 3.03. The highest BCUT2D eigenvalue weighted by Crippen LogP contribution is 2.30. The lowest BCUT2D eigenvalue weighted by atomic mass is 9.93. The molecular formula is C24H33N3O6S. The Morgan fingerprint density at radius 1 is 1.06 bits per heavy atom. The molecular weight excluding hydrogens is 458 g/mol. The first-order chi connectivity index (χ1) is 16.3. The SMILES string of the molecule is CCOC(=O)C1CCN(C(=O)C2CCCN(S(=O)(=O)c3ccc4c(c3)CCCC(=O)N4)C2)CC1. The van der Waals surface area contributed by atoms with Gasteiger partial charge in [-0.05, 0) is 69.2 Å². The number of aryl methyl sites for hydroxylation is 1. The van der Waals surface area contributed by atoms with Gasteiger partial charge in [0.2, 0.25) is 21.8 Å². The van der Waals surface area contributed by atoms with Crippen molar-refractivity contribution in [3.8, 4) is 0 Å². The zero-order valence-corrected chi connectivity index (χ0v) is 20.4. The Morgan fingerprint density at radius 3 is 2.56 bits per heavy atom. The van der Waals surface area contributed by atoms with E-state index >= 15 is 0 Å². The van der Waals surface area contributed by atoms with E-state index in [1.807, 2.05) is 0 Å². The molecule has 9 nitrogen and oxygen atoms in total. The zero-order chi connectivity index (χ0) is 24.3. The summed E-state index contributed by atoms with van der Waals surface area (Å²) in [5.74, 6) is -0.859. The summed E-state index contributed by atoms with van der Waals surface area (Å²) in [7, 11) is -3.76. The van der Waals surface area contributed by atoms with Gasteiger partial charge in [-0.1, -0.05) is 0 Å². The van der Waals surface area contributed by atoms with Crippen LogP contribution in [0.25, 0.3) is 0 Å².